The van der Waals surface area contributed by atoms with E-state index < -0.39 is 0 Å². The molecule has 2 amide bonds. The van der Waals surface area contributed by atoms with E-state index in [0.717, 1.165) is 15.7 Å². The van der Waals surface area contributed by atoms with Gasteiger partial charge in [-0.2, -0.15) is 0 Å². The molecule has 0 heterocycles. The number of urea groups is 1. The molecular formula is C12H16IN3O. The standard InChI is InChI=1S/C12H16IN3O/c1-12(2)6-10(12)16-11(17)15-7-3-4-8(13)9(14)5-7/h3-5,10H,6,14H2,1-2H3,(H2,15,16,17). The normalized spacial score (nSPS) is 20.8. The van der Waals surface area contributed by atoms with E-state index in [0.29, 0.717) is 5.69 Å². The topological polar surface area (TPSA) is 67.2 Å². The van der Waals surface area contributed by atoms with Gasteiger partial charge in [-0.1, -0.05) is 13.8 Å². The maximum atomic E-state index is 11.7. The van der Waals surface area contributed by atoms with Gasteiger partial charge in [0.2, 0.25) is 0 Å². The Morgan fingerprint density at radius 2 is 2.18 bits per heavy atom. The van der Waals surface area contributed by atoms with Crippen molar-refractivity contribution in [3.63, 3.8) is 0 Å². The van der Waals surface area contributed by atoms with Crippen LogP contribution in [0.1, 0.15) is 20.3 Å². The quantitative estimate of drug-likeness (QED) is 0.570. The Balaban J connectivity index is 1.92. The number of amides is 2. The maximum absolute atomic E-state index is 11.7. The van der Waals surface area contributed by atoms with Crippen LogP contribution in [0.4, 0.5) is 16.2 Å². The molecule has 0 aromatic heterocycles. The summed E-state index contributed by atoms with van der Waals surface area (Å²) in [6, 6.07) is 5.60. The summed E-state index contributed by atoms with van der Waals surface area (Å²) >= 11 is 2.16. The molecule has 0 aliphatic heterocycles. The Bertz CT molecular complexity index is 459. The molecule has 0 spiro atoms. The Labute approximate surface area is 114 Å². The number of benzene rings is 1. The second-order valence-electron chi connectivity index (χ2n) is 5.08. The van der Waals surface area contributed by atoms with Crippen molar-refractivity contribution >= 4 is 40.0 Å². The number of carbonyl (C=O) groups excluding carboxylic acids is 1. The Hall–Kier alpha value is -0.980. The number of carbonyl (C=O) groups is 1. The van der Waals surface area contributed by atoms with Gasteiger partial charge in [0.1, 0.15) is 0 Å². The number of hydrogen-bond acceptors (Lipinski definition) is 2. The van der Waals surface area contributed by atoms with Gasteiger partial charge in [-0.25, -0.2) is 4.79 Å². The molecule has 1 aliphatic carbocycles. The lowest BCUT2D eigenvalue weighted by Gasteiger charge is -2.09. The highest BCUT2D eigenvalue weighted by atomic mass is 127. The molecule has 1 unspecified atom stereocenters. The molecule has 4 N–H and O–H groups in total. The first-order chi connectivity index (χ1) is 7.88. The van der Waals surface area contributed by atoms with Crippen LogP contribution in [0.25, 0.3) is 0 Å². The SMILES string of the molecule is CC1(C)CC1NC(=O)Nc1ccc(I)c(N)c1. The zero-order valence-corrected chi connectivity index (χ0v) is 12.0. The predicted molar refractivity (Wildman–Crippen MR) is 77.9 cm³/mol. The summed E-state index contributed by atoms with van der Waals surface area (Å²) in [5.74, 6) is 0. The number of nitrogens with two attached hydrogens (primary N) is 1. The molecule has 1 atom stereocenters. The molecule has 0 saturated heterocycles. The van der Waals surface area contributed by atoms with Crippen LogP contribution >= 0.6 is 22.6 Å². The minimum Gasteiger partial charge on any atom is -0.398 e. The first-order valence-corrected chi connectivity index (χ1v) is 6.59. The molecule has 92 valence electrons. The molecule has 1 saturated carbocycles. The van der Waals surface area contributed by atoms with E-state index in [1.54, 1.807) is 6.07 Å². The van der Waals surface area contributed by atoms with E-state index in [1.165, 1.54) is 0 Å². The second kappa shape index (κ2) is 4.36. The van der Waals surface area contributed by atoms with Gasteiger partial charge in [0.05, 0.1) is 0 Å². The van der Waals surface area contributed by atoms with Gasteiger partial charge in [-0.05, 0) is 52.6 Å². The Morgan fingerprint density at radius 3 is 2.71 bits per heavy atom. The van der Waals surface area contributed by atoms with Gasteiger partial charge < -0.3 is 16.4 Å². The fraction of sp³-hybridized carbons (Fsp3) is 0.417. The van der Waals surface area contributed by atoms with Crippen molar-refractivity contribution in [1.29, 1.82) is 0 Å². The number of hydrogen-bond donors (Lipinski definition) is 3. The van der Waals surface area contributed by atoms with Crippen molar-refractivity contribution < 1.29 is 4.79 Å². The number of nitrogens with one attached hydrogen (secondary N) is 2. The molecule has 1 aromatic rings. The number of halogens is 1. The van der Waals surface area contributed by atoms with Crippen LogP contribution in [0.2, 0.25) is 0 Å². The molecule has 0 bridgehead atoms. The van der Waals surface area contributed by atoms with Crippen molar-refractivity contribution in [3.8, 4) is 0 Å². The van der Waals surface area contributed by atoms with Gasteiger partial charge in [-0.3, -0.25) is 0 Å². The van der Waals surface area contributed by atoms with E-state index in [-0.39, 0.29) is 17.5 Å². The van der Waals surface area contributed by atoms with Crippen LogP contribution in [0, 0.1) is 8.99 Å². The summed E-state index contributed by atoms with van der Waals surface area (Å²) in [6.07, 6.45) is 1.04. The molecule has 5 heteroatoms. The largest absolute Gasteiger partial charge is 0.398 e. The zero-order chi connectivity index (χ0) is 12.6. The monoisotopic (exact) mass is 345 g/mol. The Kier molecular flexibility index (Phi) is 3.20. The minimum atomic E-state index is -0.166. The number of anilines is 2. The van der Waals surface area contributed by atoms with Crippen LogP contribution in [0.15, 0.2) is 18.2 Å². The third-order valence-electron chi connectivity index (χ3n) is 3.07. The van der Waals surface area contributed by atoms with Gasteiger partial charge in [0.15, 0.2) is 0 Å². The smallest absolute Gasteiger partial charge is 0.319 e. The molecular weight excluding hydrogens is 329 g/mol. The molecule has 17 heavy (non-hydrogen) atoms. The molecule has 4 nitrogen and oxygen atoms in total. The average molecular weight is 345 g/mol. The van der Waals surface area contributed by atoms with Gasteiger partial charge in [0, 0.05) is 21.0 Å². The van der Waals surface area contributed by atoms with Crippen LogP contribution in [0.3, 0.4) is 0 Å². The van der Waals surface area contributed by atoms with Crippen LogP contribution in [0.5, 0.6) is 0 Å². The van der Waals surface area contributed by atoms with Crippen molar-refractivity contribution in [2.45, 2.75) is 26.3 Å². The van der Waals surface area contributed by atoms with Gasteiger partial charge >= 0.3 is 6.03 Å². The molecule has 1 aliphatic rings. The summed E-state index contributed by atoms with van der Waals surface area (Å²) in [5.41, 5.74) is 7.41. The summed E-state index contributed by atoms with van der Waals surface area (Å²) in [5, 5.41) is 5.72. The van der Waals surface area contributed by atoms with E-state index in [4.69, 9.17) is 5.73 Å². The molecule has 2 rings (SSSR count). The molecule has 1 aromatic carbocycles. The van der Waals surface area contributed by atoms with Crippen LogP contribution in [-0.2, 0) is 0 Å². The minimum absolute atomic E-state index is 0.166. The lowest BCUT2D eigenvalue weighted by atomic mass is 10.2. The van der Waals surface area contributed by atoms with Crippen molar-refractivity contribution in [2.24, 2.45) is 5.41 Å². The highest BCUT2D eigenvalue weighted by Gasteiger charge is 2.46. The first kappa shape index (κ1) is 12.5. The fourth-order valence-corrected chi connectivity index (χ4v) is 2.00. The summed E-state index contributed by atoms with van der Waals surface area (Å²) in [6.45, 7) is 4.28. The average Bonchev–Trinajstić information content (AvgIpc) is 2.79. The highest BCUT2D eigenvalue weighted by Crippen LogP contribution is 2.44. The van der Waals surface area contributed by atoms with Crippen molar-refractivity contribution in [3.05, 3.63) is 21.8 Å². The third kappa shape index (κ3) is 3.02. The van der Waals surface area contributed by atoms with Crippen molar-refractivity contribution in [1.82, 2.24) is 5.32 Å². The van der Waals surface area contributed by atoms with Crippen molar-refractivity contribution in [2.75, 3.05) is 11.1 Å². The number of rotatable bonds is 2. The predicted octanol–water partition coefficient (Wildman–Crippen LogP) is 2.79. The highest BCUT2D eigenvalue weighted by molar-refractivity contribution is 14.1. The van der Waals surface area contributed by atoms with Gasteiger partial charge in [0.25, 0.3) is 0 Å². The second-order valence-corrected chi connectivity index (χ2v) is 6.24. The first-order valence-electron chi connectivity index (χ1n) is 5.51. The van der Waals surface area contributed by atoms with E-state index in [1.807, 2.05) is 12.1 Å². The van der Waals surface area contributed by atoms with Crippen LogP contribution in [-0.4, -0.2) is 12.1 Å². The Morgan fingerprint density at radius 1 is 1.53 bits per heavy atom. The zero-order valence-electron chi connectivity index (χ0n) is 9.88. The lowest BCUT2D eigenvalue weighted by Crippen LogP contribution is -2.32. The summed E-state index contributed by atoms with van der Waals surface area (Å²) in [4.78, 5) is 11.7. The van der Waals surface area contributed by atoms with E-state index in [9.17, 15) is 4.79 Å². The summed E-state index contributed by atoms with van der Waals surface area (Å²) in [7, 11) is 0. The third-order valence-corrected chi connectivity index (χ3v) is 4.06. The number of nitrogen functional groups attached to an aromatic ring is 1. The lowest BCUT2D eigenvalue weighted by molar-refractivity contribution is 0.250. The summed E-state index contributed by atoms with van der Waals surface area (Å²) < 4.78 is 0.983. The fourth-order valence-electron chi connectivity index (χ4n) is 1.66. The van der Waals surface area contributed by atoms with E-state index in [2.05, 4.69) is 47.1 Å². The molecule has 1 fully saturated rings. The molecule has 0 radical (unpaired) electrons. The van der Waals surface area contributed by atoms with Crippen LogP contribution < -0.4 is 16.4 Å². The van der Waals surface area contributed by atoms with Gasteiger partial charge in [-0.15, -0.1) is 0 Å². The van der Waals surface area contributed by atoms with E-state index >= 15 is 0 Å². The maximum Gasteiger partial charge on any atom is 0.319 e.